The van der Waals surface area contributed by atoms with E-state index in [1.54, 1.807) is 0 Å². The quantitative estimate of drug-likeness (QED) is 0.537. The van der Waals surface area contributed by atoms with Crippen molar-refractivity contribution < 1.29 is 14.6 Å². The Morgan fingerprint density at radius 2 is 2.04 bits per heavy atom. The van der Waals surface area contributed by atoms with Crippen molar-refractivity contribution in [2.24, 2.45) is 35.0 Å². The van der Waals surface area contributed by atoms with Crippen LogP contribution in [0.2, 0.25) is 0 Å². The average molecular weight is 385 g/mol. The second-order valence-corrected chi connectivity index (χ2v) is 10.7. The van der Waals surface area contributed by atoms with Gasteiger partial charge in [0.25, 0.3) is 0 Å². The van der Waals surface area contributed by atoms with E-state index in [0.29, 0.717) is 24.2 Å². The van der Waals surface area contributed by atoms with Gasteiger partial charge in [-0.25, -0.2) is 4.79 Å². The van der Waals surface area contributed by atoms with Crippen LogP contribution >= 0.6 is 0 Å². The van der Waals surface area contributed by atoms with Crippen molar-refractivity contribution >= 4 is 5.97 Å². The first-order chi connectivity index (χ1) is 13.1. The van der Waals surface area contributed by atoms with Gasteiger partial charge in [-0.2, -0.15) is 0 Å². The van der Waals surface area contributed by atoms with Crippen LogP contribution in [0.25, 0.3) is 0 Å². The number of aliphatic hydroxyl groups is 1. The van der Waals surface area contributed by atoms with Crippen LogP contribution in [0.3, 0.4) is 0 Å². The van der Waals surface area contributed by atoms with Crippen molar-refractivity contribution in [3.8, 4) is 0 Å². The third kappa shape index (κ3) is 3.20. The number of esters is 1. The van der Waals surface area contributed by atoms with E-state index in [1.165, 1.54) is 18.4 Å². The third-order valence-electron chi connectivity index (χ3n) is 8.36. The molecule has 0 bridgehead atoms. The summed E-state index contributed by atoms with van der Waals surface area (Å²) in [6.45, 7) is 11.0. The van der Waals surface area contributed by atoms with Crippen LogP contribution < -0.4 is 0 Å². The predicted molar refractivity (Wildman–Crippen MR) is 111 cm³/mol. The van der Waals surface area contributed by atoms with Crippen LogP contribution in [0.5, 0.6) is 0 Å². The highest BCUT2D eigenvalue weighted by atomic mass is 16.6. The normalized spacial score (nSPS) is 47.6. The SMILES string of the molecule is CC(C)=C/C=C\[C@H](C)[C@H]1CC[C@]2(C)C[C@H]3[C@H]4/C(=C\C[C@@H]12)C(=O)O[C@@H]4C[C@@]3(C)O. The molecule has 3 nitrogen and oxygen atoms in total. The van der Waals surface area contributed by atoms with Crippen LogP contribution in [0.4, 0.5) is 0 Å². The molecule has 154 valence electrons. The summed E-state index contributed by atoms with van der Waals surface area (Å²) < 4.78 is 5.67. The van der Waals surface area contributed by atoms with Crippen LogP contribution in [-0.4, -0.2) is 22.8 Å². The van der Waals surface area contributed by atoms with E-state index < -0.39 is 5.60 Å². The molecule has 0 radical (unpaired) electrons. The number of carbonyl (C=O) groups is 1. The lowest BCUT2D eigenvalue weighted by molar-refractivity contribution is -0.140. The Labute approximate surface area is 169 Å². The second kappa shape index (κ2) is 6.86. The van der Waals surface area contributed by atoms with Gasteiger partial charge >= 0.3 is 5.97 Å². The van der Waals surface area contributed by atoms with E-state index in [4.69, 9.17) is 4.74 Å². The molecule has 3 aliphatic carbocycles. The molecular formula is C25H36O3. The van der Waals surface area contributed by atoms with Crippen molar-refractivity contribution in [2.45, 2.75) is 78.4 Å². The molecule has 1 saturated heterocycles. The highest BCUT2D eigenvalue weighted by molar-refractivity contribution is 5.92. The van der Waals surface area contributed by atoms with Crippen molar-refractivity contribution in [1.82, 2.24) is 0 Å². The van der Waals surface area contributed by atoms with E-state index in [0.717, 1.165) is 18.4 Å². The maximum atomic E-state index is 12.5. The third-order valence-corrected chi connectivity index (χ3v) is 8.36. The van der Waals surface area contributed by atoms with E-state index in [2.05, 4.69) is 52.0 Å². The molecule has 3 fully saturated rings. The molecule has 0 unspecified atom stereocenters. The molecule has 4 rings (SSSR count). The minimum Gasteiger partial charge on any atom is -0.458 e. The van der Waals surface area contributed by atoms with Gasteiger partial charge in [-0.05, 0) is 75.5 Å². The number of ether oxygens (including phenoxy) is 1. The number of allylic oxidation sites excluding steroid dienone is 5. The van der Waals surface area contributed by atoms with Crippen molar-refractivity contribution in [3.05, 3.63) is 35.5 Å². The minimum atomic E-state index is -0.743. The Bertz CT molecular complexity index is 739. The summed E-state index contributed by atoms with van der Waals surface area (Å²) in [5.74, 6) is 1.77. The molecule has 4 aliphatic rings. The molecule has 0 aromatic heterocycles. The van der Waals surface area contributed by atoms with Crippen LogP contribution in [0, 0.1) is 35.0 Å². The predicted octanol–water partition coefficient (Wildman–Crippen LogP) is 5.21. The van der Waals surface area contributed by atoms with Gasteiger partial charge < -0.3 is 9.84 Å². The molecular weight excluding hydrogens is 348 g/mol. The monoisotopic (exact) mass is 384 g/mol. The number of hydrogen-bond acceptors (Lipinski definition) is 3. The largest absolute Gasteiger partial charge is 0.458 e. The fourth-order valence-corrected chi connectivity index (χ4v) is 6.84. The summed E-state index contributed by atoms with van der Waals surface area (Å²) in [6, 6.07) is 0. The lowest BCUT2D eigenvalue weighted by Crippen LogP contribution is -2.40. The van der Waals surface area contributed by atoms with E-state index in [9.17, 15) is 9.90 Å². The first kappa shape index (κ1) is 19.9. The number of hydrogen-bond donors (Lipinski definition) is 1. The standard InChI is InChI=1S/C25H36O3/c1-15(2)7-6-8-16(3)17-11-12-24(4)13-20-22-18(9-10-19(17)24)23(26)28-21(22)14-25(20,5)27/h6-9,16-17,19-22,27H,10-14H2,1-5H3/b8-6-,18-9+/t16-,17+,19-,20-,21+,22+,24+,25+/m0/s1. The molecule has 2 saturated carbocycles. The molecule has 28 heavy (non-hydrogen) atoms. The van der Waals surface area contributed by atoms with Gasteiger partial charge in [-0.1, -0.05) is 43.7 Å². The summed E-state index contributed by atoms with van der Waals surface area (Å²) in [7, 11) is 0. The van der Waals surface area contributed by atoms with E-state index in [-0.39, 0.29) is 29.3 Å². The lowest BCUT2D eigenvalue weighted by Gasteiger charge is -2.42. The fraction of sp³-hybridized carbons (Fsp3) is 0.720. The van der Waals surface area contributed by atoms with Crippen LogP contribution in [0.1, 0.15) is 66.7 Å². The maximum absolute atomic E-state index is 12.5. The summed E-state index contributed by atoms with van der Waals surface area (Å²) in [4.78, 5) is 12.5. The molecule has 0 spiro atoms. The van der Waals surface area contributed by atoms with Crippen molar-refractivity contribution in [2.75, 3.05) is 0 Å². The van der Waals surface area contributed by atoms with Gasteiger partial charge in [-0.3, -0.25) is 0 Å². The molecule has 0 aromatic rings. The van der Waals surface area contributed by atoms with Crippen molar-refractivity contribution in [3.63, 3.8) is 0 Å². The Morgan fingerprint density at radius 1 is 1.29 bits per heavy atom. The average Bonchev–Trinajstić information content (AvgIpc) is 3.12. The fourth-order valence-electron chi connectivity index (χ4n) is 6.84. The summed E-state index contributed by atoms with van der Waals surface area (Å²) in [6.07, 6.45) is 13.8. The molecule has 1 heterocycles. The first-order valence-corrected chi connectivity index (χ1v) is 11.1. The Kier molecular flexibility index (Phi) is 4.89. The van der Waals surface area contributed by atoms with Gasteiger partial charge in [0.2, 0.25) is 0 Å². The molecule has 0 aromatic carbocycles. The van der Waals surface area contributed by atoms with Crippen LogP contribution in [-0.2, 0) is 9.53 Å². The molecule has 1 aliphatic heterocycles. The highest BCUT2D eigenvalue weighted by Crippen LogP contribution is 2.61. The number of fused-ring (bicyclic) bond motifs is 1. The molecule has 0 amide bonds. The smallest absolute Gasteiger partial charge is 0.334 e. The first-order valence-electron chi connectivity index (χ1n) is 11.1. The Hall–Kier alpha value is -1.35. The maximum Gasteiger partial charge on any atom is 0.334 e. The molecule has 1 N–H and O–H groups in total. The minimum absolute atomic E-state index is 0.0920. The van der Waals surface area contributed by atoms with Gasteiger partial charge in [-0.15, -0.1) is 0 Å². The zero-order chi connectivity index (χ0) is 20.3. The Balaban J connectivity index is 1.64. The number of rotatable bonds is 3. The zero-order valence-electron chi connectivity index (χ0n) is 18.1. The van der Waals surface area contributed by atoms with E-state index >= 15 is 0 Å². The Morgan fingerprint density at radius 3 is 2.75 bits per heavy atom. The second-order valence-electron chi connectivity index (χ2n) is 10.7. The topological polar surface area (TPSA) is 46.5 Å². The molecule has 3 heteroatoms. The van der Waals surface area contributed by atoms with Gasteiger partial charge in [0.1, 0.15) is 6.10 Å². The van der Waals surface area contributed by atoms with Gasteiger partial charge in [0.15, 0.2) is 0 Å². The lowest BCUT2D eigenvalue weighted by atomic mass is 9.63. The van der Waals surface area contributed by atoms with E-state index in [1.807, 2.05) is 6.92 Å². The van der Waals surface area contributed by atoms with Gasteiger partial charge in [0, 0.05) is 17.9 Å². The van der Waals surface area contributed by atoms with Gasteiger partial charge in [0.05, 0.1) is 5.60 Å². The summed E-state index contributed by atoms with van der Waals surface area (Å²) in [5.41, 5.74) is 1.65. The molecule has 8 atom stereocenters. The highest BCUT2D eigenvalue weighted by Gasteiger charge is 2.61. The summed E-state index contributed by atoms with van der Waals surface area (Å²) >= 11 is 0. The van der Waals surface area contributed by atoms with Crippen molar-refractivity contribution in [1.29, 1.82) is 0 Å². The van der Waals surface area contributed by atoms with Crippen LogP contribution in [0.15, 0.2) is 35.5 Å². The zero-order valence-corrected chi connectivity index (χ0v) is 18.1. The summed E-state index contributed by atoms with van der Waals surface area (Å²) in [5, 5.41) is 11.2. The number of carbonyl (C=O) groups excluding carboxylic acids is 1.